The van der Waals surface area contributed by atoms with Crippen LogP contribution in [0.2, 0.25) is 0 Å². The summed E-state index contributed by atoms with van der Waals surface area (Å²) >= 11 is 0. The number of fused-ring (bicyclic) bond motifs is 1. The van der Waals surface area contributed by atoms with E-state index < -0.39 is 30.1 Å². The number of amides is 2. The van der Waals surface area contributed by atoms with Crippen LogP contribution in [-0.4, -0.2) is 64.6 Å². The van der Waals surface area contributed by atoms with Gasteiger partial charge >= 0.3 is 6.08 Å². The molecule has 1 heterocycles. The van der Waals surface area contributed by atoms with E-state index in [4.69, 9.17) is 0 Å². The van der Waals surface area contributed by atoms with E-state index in [1.54, 1.807) is 19.0 Å². The predicted octanol–water partition coefficient (Wildman–Crippen LogP) is 2.73. The van der Waals surface area contributed by atoms with Crippen LogP contribution >= 0.6 is 0 Å². The number of aromatic nitrogens is 2. The van der Waals surface area contributed by atoms with Crippen molar-refractivity contribution in [3.05, 3.63) is 58.7 Å². The summed E-state index contributed by atoms with van der Waals surface area (Å²) in [5, 5.41) is 17.1. The smallest absolute Gasteiger partial charge is 0.311 e. The Morgan fingerprint density at radius 1 is 1.18 bits per heavy atom. The lowest BCUT2D eigenvalue weighted by Gasteiger charge is -2.36. The summed E-state index contributed by atoms with van der Waals surface area (Å²) in [4.78, 5) is 33.1. The molecule has 0 spiro atoms. The number of hydrogen-bond donors (Lipinski definition) is 3. The third-order valence-electron chi connectivity index (χ3n) is 6.71. The summed E-state index contributed by atoms with van der Waals surface area (Å²) in [5.41, 5.74) is 3.46. The van der Waals surface area contributed by atoms with Gasteiger partial charge in [0, 0.05) is 46.1 Å². The van der Waals surface area contributed by atoms with Gasteiger partial charge in [-0.3, -0.25) is 9.59 Å². The van der Waals surface area contributed by atoms with Crippen LogP contribution in [0.4, 0.5) is 8.78 Å². The van der Waals surface area contributed by atoms with Crippen LogP contribution in [0, 0.1) is 23.4 Å². The maximum absolute atomic E-state index is 13.6. The Kier molecular flexibility index (Phi) is 9.54. The number of benzene rings is 1. The van der Waals surface area contributed by atoms with Crippen LogP contribution in [0.25, 0.3) is 0 Å². The minimum atomic E-state index is -1.22. The van der Waals surface area contributed by atoms with E-state index in [9.17, 15) is 23.5 Å². The third kappa shape index (κ3) is 8.01. The van der Waals surface area contributed by atoms with Crippen molar-refractivity contribution < 1.29 is 23.5 Å². The third-order valence-corrected chi connectivity index (χ3v) is 6.71. The summed E-state index contributed by atoms with van der Waals surface area (Å²) in [6, 6.07) is 6.16. The van der Waals surface area contributed by atoms with Crippen molar-refractivity contribution in [2.24, 2.45) is 11.3 Å². The van der Waals surface area contributed by atoms with E-state index in [0.717, 1.165) is 30.0 Å². The number of aryl methyl sites for hydroxylation is 1. The Balaban J connectivity index is 1.87. The Hall–Kier alpha value is -2.98. The fourth-order valence-corrected chi connectivity index (χ4v) is 5.13. The van der Waals surface area contributed by atoms with Crippen LogP contribution < -0.4 is 10.6 Å². The van der Waals surface area contributed by atoms with Crippen LogP contribution in [0.15, 0.2) is 24.3 Å². The molecule has 1 aliphatic carbocycles. The van der Waals surface area contributed by atoms with Gasteiger partial charge in [0.1, 0.15) is 0 Å². The molecule has 8 nitrogen and oxygen atoms in total. The zero-order chi connectivity index (χ0) is 28.2. The number of carbonyl (C=O) groups excluding carboxylic acids is 2. The minimum Gasteiger partial charge on any atom is -0.390 e. The lowest BCUT2D eigenvalue weighted by Crippen LogP contribution is -2.50. The molecule has 0 fully saturated rings. The first-order valence-corrected chi connectivity index (χ1v) is 12.9. The van der Waals surface area contributed by atoms with E-state index in [1.165, 1.54) is 12.5 Å². The van der Waals surface area contributed by atoms with Gasteiger partial charge in [0.25, 0.3) is 0 Å². The number of aliphatic hydroxyl groups excluding tert-OH is 1. The van der Waals surface area contributed by atoms with Gasteiger partial charge in [-0.15, -0.1) is 0 Å². The lowest BCUT2D eigenvalue weighted by atomic mass is 9.77. The van der Waals surface area contributed by atoms with Crippen molar-refractivity contribution in [3.8, 4) is 0 Å². The second-order valence-electron chi connectivity index (χ2n) is 11.6. The standard InChI is InChI=1S/C28H39F2N5O3/c1-16(36)32-22(12-19-13-24(29)34-27(30)33-19)23(37)15-31-25-20(26(38)35(5)6)10-9-18-8-7-17(11-21(18)25)14-28(2,3)4/h7-8,11,13,20,22-23,25,31,37H,9-10,12,14-15H2,1-6H3,(H,32,36). The fraction of sp³-hybridized carbons (Fsp3) is 0.571. The molecule has 1 aliphatic rings. The van der Waals surface area contributed by atoms with Gasteiger partial charge < -0.3 is 20.6 Å². The van der Waals surface area contributed by atoms with Crippen molar-refractivity contribution in [2.45, 2.75) is 71.6 Å². The predicted molar refractivity (Wildman–Crippen MR) is 140 cm³/mol. The molecule has 10 heteroatoms. The number of rotatable bonds is 9. The highest BCUT2D eigenvalue weighted by Gasteiger charge is 2.36. The first kappa shape index (κ1) is 29.6. The molecule has 0 radical (unpaired) electrons. The molecule has 3 rings (SSSR count). The largest absolute Gasteiger partial charge is 0.390 e. The number of nitrogens with one attached hydrogen (secondary N) is 2. The van der Waals surface area contributed by atoms with Gasteiger partial charge in [-0.05, 0) is 41.4 Å². The maximum atomic E-state index is 13.6. The van der Waals surface area contributed by atoms with Crippen LogP contribution in [-0.2, 0) is 28.9 Å². The molecule has 1 aromatic heterocycles. The molecular formula is C28H39F2N5O3. The van der Waals surface area contributed by atoms with Crippen LogP contribution in [0.5, 0.6) is 0 Å². The summed E-state index contributed by atoms with van der Waals surface area (Å²) < 4.78 is 27.1. The molecule has 4 atom stereocenters. The summed E-state index contributed by atoms with van der Waals surface area (Å²) in [5.74, 6) is -1.77. The molecule has 2 aromatic rings. The van der Waals surface area contributed by atoms with E-state index in [2.05, 4.69) is 59.6 Å². The van der Waals surface area contributed by atoms with Gasteiger partial charge in [-0.2, -0.15) is 13.8 Å². The molecule has 208 valence electrons. The molecule has 38 heavy (non-hydrogen) atoms. The Morgan fingerprint density at radius 2 is 1.89 bits per heavy atom. The number of hydrogen-bond acceptors (Lipinski definition) is 6. The molecule has 2 amide bonds. The topological polar surface area (TPSA) is 107 Å². The quantitative estimate of drug-likeness (QED) is 0.339. The maximum Gasteiger partial charge on any atom is 0.311 e. The van der Waals surface area contributed by atoms with Gasteiger partial charge in [0.15, 0.2) is 0 Å². The van der Waals surface area contributed by atoms with Crippen molar-refractivity contribution in [1.82, 2.24) is 25.5 Å². The van der Waals surface area contributed by atoms with E-state index in [0.29, 0.717) is 6.42 Å². The summed E-state index contributed by atoms with van der Waals surface area (Å²) in [6.07, 6.45) is -0.142. The lowest BCUT2D eigenvalue weighted by molar-refractivity contribution is -0.134. The van der Waals surface area contributed by atoms with Gasteiger partial charge in [0.2, 0.25) is 17.8 Å². The zero-order valence-corrected chi connectivity index (χ0v) is 23.0. The number of nitrogens with zero attached hydrogens (tertiary/aromatic N) is 3. The van der Waals surface area contributed by atoms with Crippen LogP contribution in [0.3, 0.4) is 0 Å². The van der Waals surface area contributed by atoms with E-state index in [-0.39, 0.29) is 41.9 Å². The zero-order valence-electron chi connectivity index (χ0n) is 23.0. The highest BCUT2D eigenvalue weighted by Crippen LogP contribution is 2.37. The summed E-state index contributed by atoms with van der Waals surface area (Å²) in [6.45, 7) is 7.86. The van der Waals surface area contributed by atoms with Crippen molar-refractivity contribution in [2.75, 3.05) is 20.6 Å². The highest BCUT2D eigenvalue weighted by molar-refractivity contribution is 5.80. The van der Waals surface area contributed by atoms with Gasteiger partial charge in [-0.1, -0.05) is 39.0 Å². The normalized spacial score (nSPS) is 18.9. The van der Waals surface area contributed by atoms with Crippen molar-refractivity contribution in [3.63, 3.8) is 0 Å². The molecule has 1 aromatic carbocycles. The molecule has 3 N–H and O–H groups in total. The van der Waals surface area contributed by atoms with E-state index >= 15 is 0 Å². The first-order chi connectivity index (χ1) is 17.7. The summed E-state index contributed by atoms with van der Waals surface area (Å²) in [7, 11) is 3.46. The average molecular weight is 532 g/mol. The van der Waals surface area contributed by atoms with Crippen molar-refractivity contribution >= 4 is 11.8 Å². The number of halogens is 2. The first-order valence-electron chi connectivity index (χ1n) is 12.9. The Morgan fingerprint density at radius 3 is 2.50 bits per heavy atom. The van der Waals surface area contributed by atoms with Crippen LogP contribution in [0.1, 0.15) is 62.5 Å². The minimum absolute atomic E-state index is 0.00536. The number of aliphatic hydroxyl groups is 1. The molecule has 0 bridgehead atoms. The Labute approximate surface area is 223 Å². The molecule has 4 unspecified atom stereocenters. The number of carbonyl (C=O) groups is 2. The Bertz CT molecular complexity index is 1130. The average Bonchev–Trinajstić information content (AvgIpc) is 2.79. The second-order valence-corrected chi connectivity index (χ2v) is 11.6. The molecule has 0 saturated heterocycles. The molecule has 0 aliphatic heterocycles. The van der Waals surface area contributed by atoms with Gasteiger partial charge in [-0.25, -0.2) is 4.98 Å². The van der Waals surface area contributed by atoms with Crippen molar-refractivity contribution in [1.29, 1.82) is 0 Å². The second kappa shape index (κ2) is 12.3. The molecular weight excluding hydrogens is 492 g/mol. The monoisotopic (exact) mass is 531 g/mol. The SMILES string of the molecule is CC(=O)NC(Cc1cc(F)nc(F)n1)C(O)CNC1c2cc(CC(C)(C)C)ccc2CCC1C(=O)N(C)C. The highest BCUT2D eigenvalue weighted by atomic mass is 19.1. The fourth-order valence-electron chi connectivity index (χ4n) is 5.13. The van der Waals surface area contributed by atoms with Gasteiger partial charge in [0.05, 0.1) is 23.8 Å². The van der Waals surface area contributed by atoms with E-state index in [1.807, 2.05) is 0 Å². The molecule has 0 saturated carbocycles.